The SMILES string of the molecule is O=S(=O)(NCc1cccc(F)c1)c1cc(CO)sc1Br. The van der Waals surface area contributed by atoms with Gasteiger partial charge in [-0.05, 0) is 39.7 Å². The number of nitrogens with one attached hydrogen (secondary N) is 1. The molecule has 20 heavy (non-hydrogen) atoms. The van der Waals surface area contributed by atoms with Crippen LogP contribution in [0.25, 0.3) is 0 Å². The van der Waals surface area contributed by atoms with E-state index in [0.717, 1.165) is 11.3 Å². The lowest BCUT2D eigenvalue weighted by Crippen LogP contribution is -2.23. The van der Waals surface area contributed by atoms with Crippen LogP contribution in [0.15, 0.2) is 39.0 Å². The van der Waals surface area contributed by atoms with Crippen molar-refractivity contribution in [1.29, 1.82) is 0 Å². The monoisotopic (exact) mass is 379 g/mol. The third-order valence-corrected chi connectivity index (χ3v) is 6.15. The zero-order chi connectivity index (χ0) is 14.8. The first kappa shape index (κ1) is 15.6. The van der Waals surface area contributed by atoms with Gasteiger partial charge in [-0.2, -0.15) is 0 Å². The second-order valence-corrected chi connectivity index (χ2v) is 8.15. The summed E-state index contributed by atoms with van der Waals surface area (Å²) in [4.78, 5) is 0.617. The Morgan fingerprint density at radius 1 is 1.35 bits per heavy atom. The molecule has 0 saturated heterocycles. The molecule has 0 aliphatic carbocycles. The summed E-state index contributed by atoms with van der Waals surface area (Å²) in [5, 5.41) is 9.01. The molecule has 2 rings (SSSR count). The Hall–Kier alpha value is -0.800. The normalized spacial score (nSPS) is 11.8. The molecule has 1 aromatic heterocycles. The van der Waals surface area contributed by atoms with Gasteiger partial charge >= 0.3 is 0 Å². The lowest BCUT2D eigenvalue weighted by Gasteiger charge is -2.06. The third-order valence-electron chi connectivity index (χ3n) is 2.51. The molecule has 108 valence electrons. The predicted octanol–water partition coefficient (Wildman–Crippen LogP) is 2.62. The zero-order valence-corrected chi connectivity index (χ0v) is 13.4. The Morgan fingerprint density at radius 3 is 2.70 bits per heavy atom. The molecule has 4 nitrogen and oxygen atoms in total. The molecule has 0 fully saturated rings. The van der Waals surface area contributed by atoms with E-state index in [1.54, 1.807) is 6.07 Å². The first-order valence-corrected chi connectivity index (χ1v) is 8.65. The van der Waals surface area contributed by atoms with Gasteiger partial charge in [-0.15, -0.1) is 11.3 Å². The second-order valence-electron chi connectivity index (χ2n) is 3.96. The van der Waals surface area contributed by atoms with Gasteiger partial charge in [0.2, 0.25) is 10.0 Å². The summed E-state index contributed by atoms with van der Waals surface area (Å²) in [5.41, 5.74) is 0.530. The maximum Gasteiger partial charge on any atom is 0.242 e. The van der Waals surface area contributed by atoms with Crippen molar-refractivity contribution in [2.75, 3.05) is 0 Å². The smallest absolute Gasteiger partial charge is 0.242 e. The molecule has 0 unspecified atom stereocenters. The van der Waals surface area contributed by atoms with E-state index in [-0.39, 0.29) is 18.0 Å². The van der Waals surface area contributed by atoms with Crippen LogP contribution in [0.1, 0.15) is 10.4 Å². The van der Waals surface area contributed by atoms with Crippen LogP contribution in [0.4, 0.5) is 4.39 Å². The zero-order valence-electron chi connectivity index (χ0n) is 10.1. The summed E-state index contributed by atoms with van der Waals surface area (Å²) < 4.78 is 40.1. The highest BCUT2D eigenvalue weighted by Crippen LogP contribution is 2.31. The molecule has 1 aromatic carbocycles. The van der Waals surface area contributed by atoms with Gasteiger partial charge in [-0.3, -0.25) is 0 Å². The minimum absolute atomic E-state index is 0.00314. The van der Waals surface area contributed by atoms with Gasteiger partial charge in [0.1, 0.15) is 10.7 Å². The largest absolute Gasteiger partial charge is 0.391 e. The van der Waals surface area contributed by atoms with Crippen molar-refractivity contribution < 1.29 is 17.9 Å². The lowest BCUT2D eigenvalue weighted by atomic mass is 10.2. The molecule has 0 atom stereocenters. The number of hydrogen-bond donors (Lipinski definition) is 2. The number of aliphatic hydroxyl groups is 1. The highest BCUT2D eigenvalue weighted by molar-refractivity contribution is 9.11. The Morgan fingerprint density at radius 2 is 2.10 bits per heavy atom. The molecule has 1 heterocycles. The van der Waals surface area contributed by atoms with E-state index in [9.17, 15) is 12.8 Å². The van der Waals surface area contributed by atoms with E-state index >= 15 is 0 Å². The third kappa shape index (κ3) is 3.64. The number of sulfonamides is 1. The van der Waals surface area contributed by atoms with E-state index in [0.29, 0.717) is 14.2 Å². The molecule has 0 radical (unpaired) electrons. The molecule has 0 aliphatic heterocycles. The number of rotatable bonds is 5. The Kier molecular flexibility index (Phi) is 4.92. The fraction of sp³-hybridized carbons (Fsp3) is 0.167. The summed E-state index contributed by atoms with van der Waals surface area (Å²) in [6, 6.07) is 7.12. The number of thiophene rings is 1. The summed E-state index contributed by atoms with van der Waals surface area (Å²) in [6.45, 7) is -0.223. The van der Waals surface area contributed by atoms with Crippen molar-refractivity contribution >= 4 is 37.3 Å². The van der Waals surface area contributed by atoms with Crippen LogP contribution in [0, 0.1) is 5.82 Å². The second kappa shape index (κ2) is 6.31. The van der Waals surface area contributed by atoms with E-state index < -0.39 is 15.8 Å². The minimum Gasteiger partial charge on any atom is -0.391 e. The van der Waals surface area contributed by atoms with E-state index in [4.69, 9.17) is 5.11 Å². The van der Waals surface area contributed by atoms with Gasteiger partial charge in [0.25, 0.3) is 0 Å². The summed E-state index contributed by atoms with van der Waals surface area (Å²) in [5.74, 6) is -0.416. The highest BCUT2D eigenvalue weighted by atomic mass is 79.9. The molecule has 2 N–H and O–H groups in total. The molecular formula is C12H11BrFNO3S2. The van der Waals surface area contributed by atoms with Crippen LogP contribution in [-0.4, -0.2) is 13.5 Å². The number of halogens is 2. The number of hydrogen-bond acceptors (Lipinski definition) is 4. The molecule has 8 heteroatoms. The standard InChI is InChI=1S/C12H11BrFNO3S2/c13-12-11(5-10(7-16)19-12)20(17,18)15-6-8-2-1-3-9(14)4-8/h1-5,15-16H,6-7H2. The van der Waals surface area contributed by atoms with Gasteiger partial charge < -0.3 is 5.11 Å². The van der Waals surface area contributed by atoms with E-state index in [1.165, 1.54) is 24.3 Å². The van der Waals surface area contributed by atoms with Crippen molar-refractivity contribution in [2.24, 2.45) is 0 Å². The first-order chi connectivity index (χ1) is 9.42. The van der Waals surface area contributed by atoms with Crippen molar-refractivity contribution in [3.63, 3.8) is 0 Å². The van der Waals surface area contributed by atoms with Gasteiger partial charge in [0.15, 0.2) is 0 Å². The van der Waals surface area contributed by atoms with E-state index in [2.05, 4.69) is 20.7 Å². The van der Waals surface area contributed by atoms with Crippen molar-refractivity contribution in [1.82, 2.24) is 4.72 Å². The van der Waals surface area contributed by atoms with Crippen molar-refractivity contribution in [3.8, 4) is 0 Å². The summed E-state index contributed by atoms with van der Waals surface area (Å²) in [6.07, 6.45) is 0. The highest BCUT2D eigenvalue weighted by Gasteiger charge is 2.20. The van der Waals surface area contributed by atoms with Gasteiger partial charge in [-0.1, -0.05) is 12.1 Å². The molecule has 0 aliphatic rings. The topological polar surface area (TPSA) is 66.4 Å². The Labute approximate surface area is 128 Å². The lowest BCUT2D eigenvalue weighted by molar-refractivity contribution is 0.285. The number of aliphatic hydroxyl groups excluding tert-OH is 1. The molecular weight excluding hydrogens is 369 g/mol. The Bertz CT molecular complexity index is 715. The van der Waals surface area contributed by atoms with Gasteiger partial charge in [0.05, 0.1) is 10.4 Å². The van der Waals surface area contributed by atoms with Crippen LogP contribution in [0.2, 0.25) is 0 Å². The molecule has 2 aromatic rings. The molecule has 0 amide bonds. The van der Waals surface area contributed by atoms with Gasteiger partial charge in [0, 0.05) is 11.4 Å². The van der Waals surface area contributed by atoms with Crippen LogP contribution < -0.4 is 4.72 Å². The summed E-state index contributed by atoms with van der Waals surface area (Å²) in [7, 11) is -3.71. The molecule has 0 saturated carbocycles. The Balaban J connectivity index is 2.17. The van der Waals surface area contributed by atoms with Crippen LogP contribution in [-0.2, 0) is 23.2 Å². The maximum atomic E-state index is 13.0. The van der Waals surface area contributed by atoms with E-state index in [1.807, 2.05) is 0 Å². The average molecular weight is 380 g/mol. The minimum atomic E-state index is -3.71. The van der Waals surface area contributed by atoms with Crippen LogP contribution in [0.5, 0.6) is 0 Å². The van der Waals surface area contributed by atoms with Crippen molar-refractivity contribution in [2.45, 2.75) is 18.0 Å². The average Bonchev–Trinajstić information content (AvgIpc) is 2.79. The predicted molar refractivity (Wildman–Crippen MR) is 78.4 cm³/mol. The maximum absolute atomic E-state index is 13.0. The van der Waals surface area contributed by atoms with Crippen molar-refractivity contribution in [3.05, 3.63) is 50.4 Å². The molecule has 0 spiro atoms. The van der Waals surface area contributed by atoms with Crippen LogP contribution in [0.3, 0.4) is 0 Å². The molecule has 0 bridgehead atoms. The fourth-order valence-electron chi connectivity index (χ4n) is 1.56. The van der Waals surface area contributed by atoms with Gasteiger partial charge in [-0.25, -0.2) is 17.5 Å². The summed E-state index contributed by atoms with van der Waals surface area (Å²) >= 11 is 4.31. The van der Waals surface area contributed by atoms with Crippen LogP contribution >= 0.6 is 27.3 Å². The quantitative estimate of drug-likeness (QED) is 0.838. The number of benzene rings is 1. The first-order valence-electron chi connectivity index (χ1n) is 5.55. The fourth-order valence-corrected chi connectivity index (χ4v) is 5.12.